The van der Waals surface area contributed by atoms with Crippen LogP contribution in [0.15, 0.2) is 43.0 Å². The number of carbonyl (C=O) groups is 1. The lowest BCUT2D eigenvalue weighted by atomic mass is 10.1. The first-order valence-corrected chi connectivity index (χ1v) is 20.8. The van der Waals surface area contributed by atoms with Crippen molar-refractivity contribution in [1.82, 2.24) is 24.2 Å². The van der Waals surface area contributed by atoms with Crippen LogP contribution < -0.4 is 5.32 Å². The van der Waals surface area contributed by atoms with Crippen LogP contribution in [0.5, 0.6) is 0 Å². The second-order valence-electron chi connectivity index (χ2n) is 14.1. The minimum absolute atomic E-state index is 0.0230. The van der Waals surface area contributed by atoms with E-state index in [9.17, 15) is 9.90 Å². The first kappa shape index (κ1) is 41.5. The molecule has 1 amide bonds. The van der Waals surface area contributed by atoms with Crippen molar-refractivity contribution in [3.05, 3.63) is 48.5 Å². The van der Waals surface area contributed by atoms with Crippen LogP contribution >= 0.6 is 8.53 Å². The van der Waals surface area contributed by atoms with E-state index < -0.39 is 35.3 Å². The summed E-state index contributed by atoms with van der Waals surface area (Å²) in [6.07, 6.45) is 2.26. The van der Waals surface area contributed by atoms with E-state index in [4.69, 9.17) is 28.2 Å². The number of nitrogens with one attached hydrogen (secondary N) is 1. The summed E-state index contributed by atoms with van der Waals surface area (Å²) in [5.41, 5.74) is -0.150. The molecule has 2 aromatic heterocycles. The van der Waals surface area contributed by atoms with Gasteiger partial charge in [0, 0.05) is 24.8 Å². The third-order valence-corrected chi connectivity index (χ3v) is 15.1. The molecule has 1 aromatic carbocycles. The van der Waals surface area contributed by atoms with Gasteiger partial charge in [0.25, 0.3) is 14.4 Å². The standard InChI is InChI=1S/C34H54N7O7PSi/c1-25(2)41(26(3)4)49(45-18-14-17-35)46-22-34(20-42,21-44-8)48-28(19-47-50(9,10)33(5,6)7)40-24-38-29-30(36-23-37-31(29)40)39-32(43)27-15-12-11-13-16-27/h11-13,15-16,23-26,28,42H,14,18-22H2,1-10H3,(H,36,37,39,43)/t28-,34+,49?/m1/s1. The van der Waals surface area contributed by atoms with Crippen LogP contribution in [0.4, 0.5) is 5.82 Å². The number of amides is 1. The first-order chi connectivity index (χ1) is 23.6. The van der Waals surface area contributed by atoms with Crippen molar-refractivity contribution in [3.8, 4) is 6.07 Å². The Kier molecular flexibility index (Phi) is 15.4. The Balaban J connectivity index is 2.03. The van der Waals surface area contributed by atoms with E-state index in [-0.39, 0.29) is 61.7 Å². The van der Waals surface area contributed by atoms with Crippen molar-refractivity contribution in [1.29, 1.82) is 5.26 Å². The van der Waals surface area contributed by atoms with Crippen LogP contribution in [0.25, 0.3) is 11.2 Å². The van der Waals surface area contributed by atoms with Gasteiger partial charge in [0.1, 0.15) is 11.9 Å². The molecule has 14 nitrogen and oxygen atoms in total. The molecule has 3 atom stereocenters. The Morgan fingerprint density at radius 3 is 2.34 bits per heavy atom. The molecule has 16 heteroatoms. The molecule has 0 aliphatic carbocycles. The molecule has 2 heterocycles. The molecule has 0 bridgehead atoms. The molecule has 1 unspecified atom stereocenters. The molecule has 50 heavy (non-hydrogen) atoms. The second kappa shape index (κ2) is 18.5. The normalized spacial score (nSPS) is 15.0. The maximum absolute atomic E-state index is 13.0. The number of nitriles is 1. The Bertz CT molecular complexity index is 1540. The number of aromatic nitrogens is 4. The van der Waals surface area contributed by atoms with E-state index in [0.29, 0.717) is 16.7 Å². The number of benzene rings is 1. The lowest BCUT2D eigenvalue weighted by Gasteiger charge is -2.41. The van der Waals surface area contributed by atoms with Crippen molar-refractivity contribution in [2.75, 3.05) is 45.5 Å². The maximum Gasteiger partial charge on any atom is 0.259 e. The predicted octanol–water partition coefficient (Wildman–Crippen LogP) is 6.29. The Morgan fingerprint density at radius 2 is 1.76 bits per heavy atom. The van der Waals surface area contributed by atoms with E-state index in [0.717, 1.165) is 0 Å². The molecule has 3 rings (SSSR count). The zero-order valence-electron chi connectivity index (χ0n) is 31.0. The van der Waals surface area contributed by atoms with Gasteiger partial charge in [0.2, 0.25) is 0 Å². The molecule has 0 aliphatic heterocycles. The maximum atomic E-state index is 13.0. The first-order valence-electron chi connectivity index (χ1n) is 16.8. The summed E-state index contributed by atoms with van der Waals surface area (Å²) >= 11 is 0. The molecule has 0 radical (unpaired) electrons. The number of ether oxygens (including phenoxy) is 2. The highest BCUT2D eigenvalue weighted by atomic mass is 31.2. The summed E-state index contributed by atoms with van der Waals surface area (Å²) in [7, 11) is -2.41. The fourth-order valence-corrected chi connectivity index (χ4v) is 7.55. The number of hydrogen-bond donors (Lipinski definition) is 2. The molecule has 0 aliphatic rings. The third kappa shape index (κ3) is 10.8. The fourth-order valence-electron chi connectivity index (χ4n) is 4.87. The monoisotopic (exact) mass is 731 g/mol. The number of methoxy groups -OCH3 is 1. The Morgan fingerprint density at radius 1 is 1.08 bits per heavy atom. The van der Waals surface area contributed by atoms with E-state index >= 15 is 0 Å². The van der Waals surface area contributed by atoms with Crippen molar-refractivity contribution in [2.45, 2.75) is 96.9 Å². The van der Waals surface area contributed by atoms with E-state index in [1.807, 2.05) is 33.8 Å². The average Bonchev–Trinajstić information content (AvgIpc) is 3.50. The van der Waals surface area contributed by atoms with Gasteiger partial charge in [0.05, 0.1) is 51.9 Å². The molecule has 0 saturated heterocycles. The molecule has 2 N–H and O–H groups in total. The smallest absolute Gasteiger partial charge is 0.259 e. The topological polar surface area (TPSA) is 166 Å². The minimum atomic E-state index is -2.30. The summed E-state index contributed by atoms with van der Waals surface area (Å²) in [4.78, 5) is 26.4. The van der Waals surface area contributed by atoms with Crippen molar-refractivity contribution in [3.63, 3.8) is 0 Å². The van der Waals surface area contributed by atoms with Gasteiger partial charge in [-0.15, -0.1) is 0 Å². The number of aliphatic hydroxyl groups excluding tert-OH is 1. The molecular formula is C34H54N7O7PSi. The zero-order valence-corrected chi connectivity index (χ0v) is 32.9. The molecular weight excluding hydrogens is 677 g/mol. The number of aliphatic hydroxyl groups is 1. The summed E-state index contributed by atoms with van der Waals surface area (Å²) < 4.78 is 35.5. The highest BCUT2D eigenvalue weighted by molar-refractivity contribution is 7.44. The summed E-state index contributed by atoms with van der Waals surface area (Å²) in [5, 5.41) is 22.9. The van der Waals surface area contributed by atoms with E-state index in [1.165, 1.54) is 13.4 Å². The molecule has 3 aromatic rings. The zero-order chi connectivity index (χ0) is 37.1. The Hall–Kier alpha value is -2.90. The van der Waals surface area contributed by atoms with Gasteiger partial charge < -0.3 is 33.4 Å². The van der Waals surface area contributed by atoms with Gasteiger partial charge >= 0.3 is 0 Å². The van der Waals surface area contributed by atoms with Gasteiger partial charge in [-0.2, -0.15) is 5.26 Å². The number of nitrogens with zero attached hydrogens (tertiary/aromatic N) is 6. The molecule has 0 saturated carbocycles. The van der Waals surface area contributed by atoms with E-state index in [1.54, 1.807) is 35.2 Å². The largest absolute Gasteiger partial charge is 0.412 e. The molecule has 0 spiro atoms. The quantitative estimate of drug-likeness (QED) is 0.0759. The van der Waals surface area contributed by atoms with Crippen LogP contribution in [0.2, 0.25) is 18.1 Å². The van der Waals surface area contributed by atoms with Gasteiger partial charge in [-0.25, -0.2) is 19.6 Å². The van der Waals surface area contributed by atoms with Crippen LogP contribution in [0.1, 0.15) is 71.5 Å². The lowest BCUT2D eigenvalue weighted by Crippen LogP contribution is -2.49. The second-order valence-corrected chi connectivity index (χ2v) is 20.4. The van der Waals surface area contributed by atoms with Crippen molar-refractivity contribution < 1.29 is 32.8 Å². The van der Waals surface area contributed by atoms with Crippen LogP contribution in [-0.2, 0) is 22.9 Å². The molecule has 276 valence electrons. The number of hydrogen-bond acceptors (Lipinski definition) is 12. The lowest BCUT2D eigenvalue weighted by molar-refractivity contribution is -0.193. The highest BCUT2D eigenvalue weighted by Gasteiger charge is 2.42. The highest BCUT2D eigenvalue weighted by Crippen LogP contribution is 2.47. The van der Waals surface area contributed by atoms with Gasteiger partial charge in [-0.05, 0) is 58.0 Å². The van der Waals surface area contributed by atoms with Crippen LogP contribution in [0.3, 0.4) is 0 Å². The minimum Gasteiger partial charge on any atom is -0.412 e. The van der Waals surface area contributed by atoms with Crippen LogP contribution in [0, 0.1) is 11.3 Å². The summed E-state index contributed by atoms with van der Waals surface area (Å²) in [5.74, 6) is -0.0981. The number of anilines is 1. The predicted molar refractivity (Wildman–Crippen MR) is 196 cm³/mol. The van der Waals surface area contributed by atoms with Gasteiger partial charge in [-0.3, -0.25) is 9.36 Å². The van der Waals surface area contributed by atoms with Gasteiger partial charge in [-0.1, -0.05) is 39.0 Å². The van der Waals surface area contributed by atoms with Crippen molar-refractivity contribution >= 4 is 39.7 Å². The fraction of sp³-hybridized carbons (Fsp3) is 0.618. The van der Waals surface area contributed by atoms with Gasteiger partial charge in [0.15, 0.2) is 31.5 Å². The third-order valence-electron chi connectivity index (χ3n) is 8.51. The SMILES string of the molecule is COC[C@@](CO)(COP(OCCC#N)N(C(C)C)C(C)C)O[C@H](CO[Si](C)(C)C(C)(C)C)n1cnc2c(NC(=O)c3ccccc3)ncnc21. The average molecular weight is 732 g/mol. The number of fused-ring (bicyclic) bond motifs is 1. The van der Waals surface area contributed by atoms with E-state index in [2.05, 4.69) is 64.9 Å². The number of rotatable bonds is 20. The van der Waals surface area contributed by atoms with Crippen LogP contribution in [-0.4, -0.2) is 101 Å². The Labute approximate surface area is 298 Å². The van der Waals surface area contributed by atoms with Crippen molar-refractivity contribution in [2.24, 2.45) is 0 Å². The summed E-state index contributed by atoms with van der Waals surface area (Å²) in [6.45, 7) is 18.7. The number of carbonyl (C=O) groups excluding carboxylic acids is 1. The number of imidazole rings is 1. The molecule has 0 fully saturated rings. The summed E-state index contributed by atoms with van der Waals surface area (Å²) in [6, 6.07) is 11.1.